The van der Waals surface area contributed by atoms with Crippen LogP contribution in [0.3, 0.4) is 0 Å². The molecule has 0 radical (unpaired) electrons. The summed E-state index contributed by atoms with van der Waals surface area (Å²) in [5.41, 5.74) is 8.98. The SMILES string of the molecule is CCc1[nH]c2nc(Sc3cnc4ccc[n+]([O-])c4c3)nc(N3C[C@@H]4C(N)[C@@H]4C3)c2c1Cl. The quantitative estimate of drug-likeness (QED) is 0.277. The summed E-state index contributed by atoms with van der Waals surface area (Å²) in [4.78, 5) is 20.5. The summed E-state index contributed by atoms with van der Waals surface area (Å²) in [5.74, 6) is 1.91. The van der Waals surface area contributed by atoms with Crippen LogP contribution >= 0.6 is 23.4 Å². The first kappa shape index (κ1) is 19.1. The lowest BCUT2D eigenvalue weighted by molar-refractivity contribution is -0.577. The normalized spacial score (nSPS) is 22.4. The molecule has 1 saturated carbocycles. The number of nitrogens with one attached hydrogen (secondary N) is 1. The van der Waals surface area contributed by atoms with Crippen LogP contribution in [0.15, 0.2) is 40.6 Å². The van der Waals surface area contributed by atoms with Gasteiger partial charge in [0.15, 0.2) is 11.4 Å². The van der Waals surface area contributed by atoms with E-state index in [4.69, 9.17) is 27.3 Å². The molecule has 6 rings (SSSR count). The monoisotopic (exact) mass is 453 g/mol. The zero-order chi connectivity index (χ0) is 21.3. The molecular formula is C21H20ClN7OS. The zero-order valence-electron chi connectivity index (χ0n) is 16.7. The Morgan fingerprint density at radius 2 is 2.16 bits per heavy atom. The average molecular weight is 454 g/mol. The molecule has 1 aliphatic carbocycles. The number of fused-ring (bicyclic) bond motifs is 3. The number of rotatable bonds is 4. The third-order valence-electron chi connectivity index (χ3n) is 6.33. The van der Waals surface area contributed by atoms with Gasteiger partial charge in [-0.2, -0.15) is 4.73 Å². The van der Waals surface area contributed by atoms with Crippen molar-refractivity contribution in [1.82, 2.24) is 19.9 Å². The standard InChI is InChI=1S/C21H20ClN7OS/c1-2-13-17(22)16-19(25-13)26-21(27-20(16)28-8-11-12(9-28)18(11)23)31-10-6-15-14(24-7-10)4-3-5-29(15)30/h3-7,11-12,18H,2,8-9,23H2,1H3,(H,25,26,27)/t11-,12+,18?. The smallest absolute Gasteiger partial charge is 0.243 e. The number of nitrogens with two attached hydrogens (primary N) is 1. The van der Waals surface area contributed by atoms with E-state index in [0.717, 1.165) is 51.7 Å². The third-order valence-corrected chi connectivity index (χ3v) is 7.57. The van der Waals surface area contributed by atoms with E-state index in [1.165, 1.54) is 18.0 Å². The minimum absolute atomic E-state index is 0.304. The minimum Gasteiger partial charge on any atom is -0.618 e. The van der Waals surface area contributed by atoms with Crippen LogP contribution < -0.4 is 15.4 Å². The molecule has 1 aliphatic heterocycles. The summed E-state index contributed by atoms with van der Waals surface area (Å²) >= 11 is 8.08. The number of H-pyrrole nitrogens is 1. The van der Waals surface area contributed by atoms with Gasteiger partial charge in [-0.3, -0.25) is 0 Å². The van der Waals surface area contributed by atoms with Gasteiger partial charge in [-0.15, -0.1) is 0 Å². The highest BCUT2D eigenvalue weighted by Gasteiger charge is 2.54. The third kappa shape index (κ3) is 3.02. The topological polar surface area (TPSA) is 111 Å². The minimum atomic E-state index is 0.304. The van der Waals surface area contributed by atoms with E-state index in [0.29, 0.717) is 39.1 Å². The molecule has 3 N–H and O–H groups in total. The van der Waals surface area contributed by atoms with Gasteiger partial charge in [0.25, 0.3) is 0 Å². The molecule has 4 aromatic heterocycles. The summed E-state index contributed by atoms with van der Waals surface area (Å²) in [7, 11) is 0. The second-order valence-corrected chi connectivity index (χ2v) is 9.56. The summed E-state index contributed by atoms with van der Waals surface area (Å²) in [6, 6.07) is 5.62. The van der Waals surface area contributed by atoms with Gasteiger partial charge in [0.1, 0.15) is 17.0 Å². The molecule has 2 fully saturated rings. The molecular weight excluding hydrogens is 434 g/mol. The largest absolute Gasteiger partial charge is 0.618 e. The highest BCUT2D eigenvalue weighted by Crippen LogP contribution is 2.47. The number of hydrogen-bond donors (Lipinski definition) is 2. The van der Waals surface area contributed by atoms with Crippen molar-refractivity contribution in [2.24, 2.45) is 17.6 Å². The Morgan fingerprint density at radius 3 is 2.94 bits per heavy atom. The van der Waals surface area contributed by atoms with Crippen molar-refractivity contribution in [3.8, 4) is 0 Å². The van der Waals surface area contributed by atoms with Crippen LogP contribution in [0.2, 0.25) is 5.02 Å². The van der Waals surface area contributed by atoms with Gasteiger partial charge in [0.2, 0.25) is 5.52 Å². The molecule has 0 spiro atoms. The fourth-order valence-corrected chi connectivity index (χ4v) is 5.65. The van der Waals surface area contributed by atoms with Crippen molar-refractivity contribution >= 4 is 51.2 Å². The maximum absolute atomic E-state index is 12.1. The molecule has 0 amide bonds. The van der Waals surface area contributed by atoms with Crippen LogP contribution in [-0.4, -0.2) is 39.1 Å². The van der Waals surface area contributed by atoms with Gasteiger partial charge in [-0.25, -0.2) is 15.0 Å². The molecule has 4 aromatic rings. The van der Waals surface area contributed by atoms with Crippen LogP contribution in [0.25, 0.3) is 22.1 Å². The molecule has 2 aliphatic rings. The van der Waals surface area contributed by atoms with Crippen LogP contribution in [0.4, 0.5) is 5.82 Å². The fourth-order valence-electron chi connectivity index (χ4n) is 4.54. The van der Waals surface area contributed by atoms with Gasteiger partial charge < -0.3 is 20.8 Å². The summed E-state index contributed by atoms with van der Waals surface area (Å²) in [5, 5.41) is 14.3. The van der Waals surface area contributed by atoms with Gasteiger partial charge in [-0.05, 0) is 36.1 Å². The van der Waals surface area contributed by atoms with Gasteiger partial charge in [-0.1, -0.05) is 18.5 Å². The van der Waals surface area contributed by atoms with Crippen molar-refractivity contribution < 1.29 is 4.73 Å². The Hall–Kier alpha value is -2.62. The number of piperidine rings is 1. The van der Waals surface area contributed by atoms with Crippen molar-refractivity contribution in [3.05, 3.63) is 46.5 Å². The molecule has 0 aromatic carbocycles. The first-order chi connectivity index (χ1) is 15.0. The zero-order valence-corrected chi connectivity index (χ0v) is 18.3. The molecule has 0 bridgehead atoms. The van der Waals surface area contributed by atoms with Crippen molar-refractivity contribution in [1.29, 1.82) is 0 Å². The number of nitrogens with zero attached hydrogens (tertiary/aromatic N) is 5. The van der Waals surface area contributed by atoms with E-state index in [2.05, 4.69) is 21.8 Å². The second kappa shape index (κ2) is 6.94. The number of aromatic nitrogens is 5. The van der Waals surface area contributed by atoms with Crippen LogP contribution in [0.5, 0.6) is 0 Å². The predicted octanol–water partition coefficient (Wildman–Crippen LogP) is 2.90. The number of hydrogen-bond acceptors (Lipinski definition) is 7. The molecule has 31 heavy (non-hydrogen) atoms. The number of pyridine rings is 2. The average Bonchev–Trinajstić information content (AvgIpc) is 3.09. The van der Waals surface area contributed by atoms with Crippen molar-refractivity contribution in [2.75, 3.05) is 18.0 Å². The molecule has 10 heteroatoms. The second-order valence-electron chi connectivity index (χ2n) is 8.15. The van der Waals surface area contributed by atoms with E-state index < -0.39 is 0 Å². The number of anilines is 1. The van der Waals surface area contributed by atoms with Crippen LogP contribution in [-0.2, 0) is 6.42 Å². The van der Waals surface area contributed by atoms with Gasteiger partial charge in [0.05, 0.1) is 10.4 Å². The predicted molar refractivity (Wildman–Crippen MR) is 120 cm³/mol. The fraction of sp³-hybridized carbons (Fsp3) is 0.333. The number of halogens is 1. The summed E-state index contributed by atoms with van der Waals surface area (Å²) in [6.07, 6.45) is 3.99. The molecule has 1 unspecified atom stereocenters. The summed E-state index contributed by atoms with van der Waals surface area (Å²) < 4.78 is 0.819. The first-order valence-corrected chi connectivity index (χ1v) is 11.5. The van der Waals surface area contributed by atoms with Crippen molar-refractivity contribution in [3.63, 3.8) is 0 Å². The lowest BCUT2D eigenvalue weighted by atomic mass is 10.2. The molecule has 3 atom stereocenters. The number of aromatic amines is 1. The van der Waals surface area contributed by atoms with E-state index in [1.54, 1.807) is 12.3 Å². The maximum Gasteiger partial charge on any atom is 0.243 e. The Morgan fingerprint density at radius 1 is 1.35 bits per heavy atom. The Kier molecular flexibility index (Phi) is 4.28. The first-order valence-electron chi connectivity index (χ1n) is 10.3. The lowest BCUT2D eigenvalue weighted by Crippen LogP contribution is -2.29. The maximum atomic E-state index is 12.1. The lowest BCUT2D eigenvalue weighted by Gasteiger charge is -2.21. The Balaban J connectivity index is 1.43. The van der Waals surface area contributed by atoms with Gasteiger partial charge >= 0.3 is 0 Å². The Labute approximate surface area is 187 Å². The Bertz CT molecular complexity index is 1330. The van der Waals surface area contributed by atoms with Crippen LogP contribution in [0.1, 0.15) is 12.6 Å². The highest BCUT2D eigenvalue weighted by molar-refractivity contribution is 7.99. The number of aryl methyl sites for hydroxylation is 1. The highest BCUT2D eigenvalue weighted by atomic mass is 35.5. The molecule has 1 saturated heterocycles. The molecule has 5 heterocycles. The molecule has 8 nitrogen and oxygen atoms in total. The summed E-state index contributed by atoms with van der Waals surface area (Å²) in [6.45, 7) is 3.83. The van der Waals surface area contributed by atoms with E-state index in [1.807, 2.05) is 12.1 Å². The van der Waals surface area contributed by atoms with Crippen LogP contribution in [0, 0.1) is 17.0 Å². The van der Waals surface area contributed by atoms with E-state index in [-0.39, 0.29) is 0 Å². The van der Waals surface area contributed by atoms with E-state index in [9.17, 15) is 5.21 Å². The molecule has 158 valence electrons. The van der Waals surface area contributed by atoms with Gasteiger partial charge in [0, 0.05) is 48.1 Å². The van der Waals surface area contributed by atoms with Crippen molar-refractivity contribution in [2.45, 2.75) is 29.4 Å². The van der Waals surface area contributed by atoms with E-state index >= 15 is 0 Å².